The fourth-order valence-electron chi connectivity index (χ4n) is 1.07. The Hall–Kier alpha value is -0.460. The molecule has 1 unspecified atom stereocenters. The Labute approximate surface area is 106 Å². The third kappa shape index (κ3) is 8.29. The van der Waals surface area contributed by atoms with Gasteiger partial charge in [0, 0.05) is 13.6 Å². The highest BCUT2D eigenvalue weighted by atomic mass is 32.2. The second kappa shape index (κ2) is 7.79. The van der Waals surface area contributed by atoms with E-state index in [9.17, 15) is 9.00 Å². The maximum Gasteiger partial charge on any atom is 0.311 e. The number of esters is 1. The van der Waals surface area contributed by atoms with E-state index >= 15 is 0 Å². The molecular formula is C11H23NO4S. The number of ether oxygens (including phenoxy) is 1. The molecule has 6 heteroatoms. The Kier molecular flexibility index (Phi) is 7.58. The number of unbranched alkanes of at least 4 members (excludes halogenated alkanes) is 2. The first-order valence-electron chi connectivity index (χ1n) is 5.74. The summed E-state index contributed by atoms with van der Waals surface area (Å²) in [4.78, 5) is 11.4. The Morgan fingerprint density at radius 3 is 2.35 bits per heavy atom. The van der Waals surface area contributed by atoms with Crippen molar-refractivity contribution in [2.24, 2.45) is 5.41 Å². The summed E-state index contributed by atoms with van der Waals surface area (Å²) in [5, 5.41) is 0. The molecule has 5 nitrogen and oxygen atoms in total. The van der Waals surface area contributed by atoms with Gasteiger partial charge in [0.05, 0.1) is 12.0 Å². The van der Waals surface area contributed by atoms with Gasteiger partial charge in [-0.05, 0) is 40.0 Å². The van der Waals surface area contributed by atoms with E-state index in [1.54, 1.807) is 7.05 Å². The van der Waals surface area contributed by atoms with Crippen LogP contribution in [-0.4, -0.2) is 39.2 Å². The van der Waals surface area contributed by atoms with Gasteiger partial charge in [-0.25, -0.2) is 8.51 Å². The zero-order chi connectivity index (χ0) is 13.5. The number of hydrogen-bond donors (Lipinski definition) is 1. The number of rotatable bonds is 7. The highest BCUT2D eigenvalue weighted by Gasteiger charge is 2.22. The number of carbonyl (C=O) groups is 1. The molecule has 0 aromatic carbocycles. The summed E-state index contributed by atoms with van der Waals surface area (Å²) >= 11 is -1.89. The third-order valence-corrected chi connectivity index (χ3v) is 2.95. The van der Waals surface area contributed by atoms with Gasteiger partial charge >= 0.3 is 5.97 Å². The first-order valence-corrected chi connectivity index (χ1v) is 6.81. The van der Waals surface area contributed by atoms with Crippen LogP contribution in [0, 0.1) is 5.41 Å². The fraction of sp³-hybridized carbons (Fsp3) is 0.909. The maximum atomic E-state index is 11.4. The molecule has 1 N–H and O–H groups in total. The molecule has 1 atom stereocenters. The van der Waals surface area contributed by atoms with E-state index in [-0.39, 0.29) is 5.97 Å². The van der Waals surface area contributed by atoms with E-state index in [0.717, 1.165) is 19.3 Å². The standard InChI is InChI=1S/C11H23NO4S/c1-11(2,3)10(13)16-9-7-5-6-8-12(4)17(14)15/h5-9H2,1-4H3,(H,14,15). The SMILES string of the molecule is CN(CCCCCOC(=O)C(C)(C)C)S(=O)O. The molecule has 0 aliphatic carbocycles. The van der Waals surface area contributed by atoms with Gasteiger partial charge < -0.3 is 4.74 Å². The van der Waals surface area contributed by atoms with Gasteiger partial charge in [0.15, 0.2) is 0 Å². The molecule has 0 heterocycles. The van der Waals surface area contributed by atoms with E-state index in [0.29, 0.717) is 13.2 Å². The molecule has 0 aromatic heterocycles. The summed E-state index contributed by atoms with van der Waals surface area (Å²) in [6.07, 6.45) is 2.47. The maximum absolute atomic E-state index is 11.4. The van der Waals surface area contributed by atoms with E-state index in [2.05, 4.69) is 0 Å². The Bertz CT molecular complexity index is 263. The molecule has 102 valence electrons. The van der Waals surface area contributed by atoms with Crippen molar-refractivity contribution in [3.8, 4) is 0 Å². The molecule has 0 radical (unpaired) electrons. The third-order valence-electron chi connectivity index (χ3n) is 2.23. The predicted octanol–water partition coefficient (Wildman–Crippen LogP) is 1.81. The average molecular weight is 265 g/mol. The minimum absolute atomic E-state index is 0.189. The van der Waals surface area contributed by atoms with Gasteiger partial charge in [-0.2, -0.15) is 0 Å². The zero-order valence-electron chi connectivity index (χ0n) is 11.1. The van der Waals surface area contributed by atoms with Crippen LogP contribution >= 0.6 is 0 Å². The molecule has 0 aliphatic heterocycles. The van der Waals surface area contributed by atoms with Crippen molar-refractivity contribution >= 4 is 17.2 Å². The van der Waals surface area contributed by atoms with Crippen molar-refractivity contribution in [3.05, 3.63) is 0 Å². The molecule has 0 aliphatic rings. The minimum atomic E-state index is -1.89. The van der Waals surface area contributed by atoms with Crippen LogP contribution in [0.2, 0.25) is 0 Å². The minimum Gasteiger partial charge on any atom is -0.465 e. The van der Waals surface area contributed by atoms with Crippen LogP contribution in [0.15, 0.2) is 0 Å². The quantitative estimate of drug-likeness (QED) is 0.433. The summed E-state index contributed by atoms with van der Waals surface area (Å²) in [5.74, 6) is -0.189. The first kappa shape index (κ1) is 16.5. The number of hydrogen-bond acceptors (Lipinski definition) is 3. The van der Waals surface area contributed by atoms with Crippen molar-refractivity contribution in [2.75, 3.05) is 20.2 Å². The van der Waals surface area contributed by atoms with Crippen molar-refractivity contribution in [1.82, 2.24) is 4.31 Å². The van der Waals surface area contributed by atoms with E-state index in [4.69, 9.17) is 9.29 Å². The second-order valence-corrected chi connectivity index (χ2v) is 6.11. The largest absolute Gasteiger partial charge is 0.465 e. The lowest BCUT2D eigenvalue weighted by Gasteiger charge is -2.16. The normalized spacial score (nSPS) is 13.8. The molecule has 17 heavy (non-hydrogen) atoms. The van der Waals surface area contributed by atoms with Crippen LogP contribution in [0.1, 0.15) is 40.0 Å². The molecule has 0 rings (SSSR count). The van der Waals surface area contributed by atoms with Crippen molar-refractivity contribution in [3.63, 3.8) is 0 Å². The van der Waals surface area contributed by atoms with Crippen LogP contribution in [-0.2, 0) is 20.8 Å². The molecule has 0 bridgehead atoms. The van der Waals surface area contributed by atoms with Crippen LogP contribution in [0.4, 0.5) is 0 Å². The lowest BCUT2D eigenvalue weighted by molar-refractivity contribution is -0.153. The molecule has 0 aromatic rings. The molecule has 0 amide bonds. The van der Waals surface area contributed by atoms with Crippen molar-refractivity contribution in [2.45, 2.75) is 40.0 Å². The highest BCUT2D eigenvalue weighted by molar-refractivity contribution is 7.76. The lowest BCUT2D eigenvalue weighted by Crippen LogP contribution is -2.23. The summed E-state index contributed by atoms with van der Waals surface area (Å²) < 4.78 is 25.8. The van der Waals surface area contributed by atoms with Gasteiger partial charge in [-0.1, -0.05) is 0 Å². The van der Waals surface area contributed by atoms with Crippen LogP contribution in [0.3, 0.4) is 0 Å². The molecule has 0 fully saturated rings. The summed E-state index contributed by atoms with van der Waals surface area (Å²) in [5.41, 5.74) is -0.450. The van der Waals surface area contributed by atoms with Gasteiger partial charge in [0.1, 0.15) is 0 Å². The van der Waals surface area contributed by atoms with Crippen molar-refractivity contribution in [1.29, 1.82) is 0 Å². The summed E-state index contributed by atoms with van der Waals surface area (Å²) in [6.45, 7) is 6.45. The highest BCUT2D eigenvalue weighted by Crippen LogP contribution is 2.15. The van der Waals surface area contributed by atoms with E-state index in [1.807, 2.05) is 20.8 Å². The van der Waals surface area contributed by atoms with Crippen LogP contribution < -0.4 is 0 Å². The molecular weight excluding hydrogens is 242 g/mol. The topological polar surface area (TPSA) is 66.8 Å². The van der Waals surface area contributed by atoms with E-state index < -0.39 is 16.7 Å². The molecule has 0 spiro atoms. The van der Waals surface area contributed by atoms with Gasteiger partial charge in [0.2, 0.25) is 11.3 Å². The smallest absolute Gasteiger partial charge is 0.311 e. The number of nitrogens with zero attached hydrogens (tertiary/aromatic N) is 1. The van der Waals surface area contributed by atoms with Gasteiger partial charge in [-0.15, -0.1) is 0 Å². The molecule has 0 saturated carbocycles. The van der Waals surface area contributed by atoms with E-state index in [1.165, 1.54) is 4.31 Å². The number of carbonyl (C=O) groups excluding carboxylic acids is 1. The zero-order valence-corrected chi connectivity index (χ0v) is 11.9. The summed E-state index contributed by atoms with van der Waals surface area (Å²) in [7, 11) is 1.59. The second-order valence-electron chi connectivity index (χ2n) is 5.03. The monoisotopic (exact) mass is 265 g/mol. The van der Waals surface area contributed by atoms with Gasteiger partial charge in [-0.3, -0.25) is 9.35 Å². The Balaban J connectivity index is 3.48. The van der Waals surface area contributed by atoms with Crippen molar-refractivity contribution < 1.29 is 18.3 Å². The van der Waals surface area contributed by atoms with Crippen LogP contribution in [0.5, 0.6) is 0 Å². The summed E-state index contributed by atoms with van der Waals surface area (Å²) in [6, 6.07) is 0. The average Bonchev–Trinajstić information content (AvgIpc) is 2.20. The fourth-order valence-corrected chi connectivity index (χ4v) is 1.36. The molecule has 0 saturated heterocycles. The lowest BCUT2D eigenvalue weighted by atomic mass is 9.97. The predicted molar refractivity (Wildman–Crippen MR) is 67.7 cm³/mol. The Morgan fingerprint density at radius 2 is 1.88 bits per heavy atom. The van der Waals surface area contributed by atoms with Gasteiger partial charge in [0.25, 0.3) is 0 Å². The Morgan fingerprint density at radius 1 is 1.29 bits per heavy atom. The first-order chi connectivity index (χ1) is 7.75. The van der Waals surface area contributed by atoms with Crippen LogP contribution in [0.25, 0.3) is 0 Å².